The van der Waals surface area contributed by atoms with Crippen molar-refractivity contribution in [2.24, 2.45) is 0 Å². The van der Waals surface area contributed by atoms with Crippen LogP contribution >= 0.6 is 0 Å². The van der Waals surface area contributed by atoms with Crippen LogP contribution in [0, 0.1) is 0 Å². The molecule has 0 fully saturated rings. The van der Waals surface area contributed by atoms with Gasteiger partial charge in [0, 0.05) is 13.2 Å². The van der Waals surface area contributed by atoms with Crippen LogP contribution in [0.4, 0.5) is 0 Å². The predicted molar refractivity (Wildman–Crippen MR) is 133 cm³/mol. The summed E-state index contributed by atoms with van der Waals surface area (Å²) in [6, 6.07) is 0. The van der Waals surface area contributed by atoms with Crippen molar-refractivity contribution in [2.45, 2.75) is 142 Å². The quantitative estimate of drug-likeness (QED) is 0.141. The molecular weight excluding hydrogens is 370 g/mol. The minimum atomic E-state index is 0.360. The highest BCUT2D eigenvalue weighted by molar-refractivity contribution is 4.60. The summed E-state index contributed by atoms with van der Waals surface area (Å²) >= 11 is 0. The minimum absolute atomic E-state index is 0.360. The third-order valence-electron chi connectivity index (χ3n) is 6.34. The molecule has 0 saturated heterocycles. The molecule has 0 aliphatic carbocycles. The lowest BCUT2D eigenvalue weighted by Crippen LogP contribution is -2.27. The van der Waals surface area contributed by atoms with E-state index in [1.807, 2.05) is 0 Å². The molecule has 0 atom stereocenters. The van der Waals surface area contributed by atoms with Gasteiger partial charge in [0.15, 0.2) is 0 Å². The van der Waals surface area contributed by atoms with E-state index in [0.29, 0.717) is 13.2 Å². The Kier molecular flexibility index (Phi) is 26.8. The second kappa shape index (κ2) is 26.9. The van der Waals surface area contributed by atoms with Crippen molar-refractivity contribution in [1.82, 2.24) is 4.90 Å². The van der Waals surface area contributed by atoms with Crippen LogP contribution in [-0.4, -0.2) is 48.0 Å². The molecule has 0 aromatic heterocycles. The van der Waals surface area contributed by atoms with Crippen LogP contribution in [0.5, 0.6) is 0 Å². The van der Waals surface area contributed by atoms with Gasteiger partial charge >= 0.3 is 0 Å². The normalized spacial score (nSPS) is 11.6. The van der Waals surface area contributed by atoms with Crippen LogP contribution in [0.15, 0.2) is 0 Å². The van der Waals surface area contributed by atoms with E-state index in [9.17, 15) is 0 Å². The zero-order chi connectivity index (χ0) is 22.0. The largest absolute Gasteiger partial charge is 0.396 e. The van der Waals surface area contributed by atoms with Gasteiger partial charge in [-0.25, -0.2) is 0 Å². The van der Waals surface area contributed by atoms with Crippen LogP contribution < -0.4 is 0 Å². The molecule has 0 aromatic rings. The van der Waals surface area contributed by atoms with Crippen molar-refractivity contribution in [2.75, 3.05) is 32.8 Å². The average Bonchev–Trinajstić information content (AvgIpc) is 2.76. The van der Waals surface area contributed by atoms with E-state index in [0.717, 1.165) is 12.8 Å². The minimum Gasteiger partial charge on any atom is -0.396 e. The van der Waals surface area contributed by atoms with E-state index in [2.05, 4.69) is 11.8 Å². The lowest BCUT2D eigenvalue weighted by Gasteiger charge is -2.22. The van der Waals surface area contributed by atoms with Crippen LogP contribution in [0.25, 0.3) is 0 Å². The maximum absolute atomic E-state index is 8.83. The molecule has 3 heteroatoms. The topological polar surface area (TPSA) is 43.7 Å². The van der Waals surface area contributed by atoms with Crippen LogP contribution in [-0.2, 0) is 0 Å². The summed E-state index contributed by atoms with van der Waals surface area (Å²) in [6.45, 7) is 6.94. The molecule has 30 heavy (non-hydrogen) atoms. The first-order valence-corrected chi connectivity index (χ1v) is 13.8. The summed E-state index contributed by atoms with van der Waals surface area (Å²) in [5.41, 5.74) is 0. The number of unbranched alkanes of at least 4 members (excludes halogenated alkanes) is 18. The number of aliphatic hydroxyl groups excluding tert-OH is 2. The Balaban J connectivity index is 3.75. The zero-order valence-electron chi connectivity index (χ0n) is 20.7. The lowest BCUT2D eigenvalue weighted by atomic mass is 10.1. The molecule has 0 spiro atoms. The van der Waals surface area contributed by atoms with Gasteiger partial charge in [0.05, 0.1) is 0 Å². The van der Waals surface area contributed by atoms with E-state index in [1.165, 1.54) is 142 Å². The Labute approximate surface area is 190 Å². The van der Waals surface area contributed by atoms with Crippen LogP contribution in [0.1, 0.15) is 142 Å². The highest BCUT2D eigenvalue weighted by atomic mass is 16.3. The van der Waals surface area contributed by atoms with Gasteiger partial charge in [-0.05, 0) is 51.7 Å². The van der Waals surface area contributed by atoms with Gasteiger partial charge in [-0.1, -0.05) is 110 Å². The van der Waals surface area contributed by atoms with Crippen molar-refractivity contribution in [3.63, 3.8) is 0 Å². The van der Waals surface area contributed by atoms with Crippen LogP contribution in [0.2, 0.25) is 0 Å². The van der Waals surface area contributed by atoms with Crippen molar-refractivity contribution in [3.8, 4) is 0 Å². The van der Waals surface area contributed by atoms with Gasteiger partial charge in [0.2, 0.25) is 0 Å². The second-order valence-corrected chi connectivity index (χ2v) is 9.36. The summed E-state index contributed by atoms with van der Waals surface area (Å²) in [6.07, 6.45) is 27.6. The van der Waals surface area contributed by atoms with Gasteiger partial charge in [0.25, 0.3) is 0 Å². The van der Waals surface area contributed by atoms with Gasteiger partial charge in [0.1, 0.15) is 0 Å². The maximum atomic E-state index is 8.83. The van der Waals surface area contributed by atoms with E-state index >= 15 is 0 Å². The standard InChI is InChI=1S/C27H57NO2/c1-2-3-4-13-18-23-28(24-19-14-9-5-7-11-16-21-26-29)25-20-15-10-6-8-12-17-22-27-30/h29-30H,2-27H2,1H3. The molecule has 0 saturated carbocycles. The summed E-state index contributed by atoms with van der Waals surface area (Å²) in [4.78, 5) is 2.76. The Bertz CT molecular complexity index is 277. The molecule has 0 rings (SSSR count). The molecule has 0 aliphatic rings. The van der Waals surface area contributed by atoms with Crippen LogP contribution in [0.3, 0.4) is 0 Å². The summed E-state index contributed by atoms with van der Waals surface area (Å²) in [5, 5.41) is 17.7. The zero-order valence-corrected chi connectivity index (χ0v) is 20.7. The lowest BCUT2D eigenvalue weighted by molar-refractivity contribution is 0.254. The number of hydrogen-bond donors (Lipinski definition) is 2. The van der Waals surface area contributed by atoms with Gasteiger partial charge < -0.3 is 15.1 Å². The molecule has 0 amide bonds. The van der Waals surface area contributed by atoms with E-state index in [1.54, 1.807) is 0 Å². The van der Waals surface area contributed by atoms with Gasteiger partial charge in [-0.3, -0.25) is 0 Å². The smallest absolute Gasteiger partial charge is 0.0431 e. The van der Waals surface area contributed by atoms with E-state index in [-0.39, 0.29) is 0 Å². The summed E-state index contributed by atoms with van der Waals surface area (Å²) < 4.78 is 0. The second-order valence-electron chi connectivity index (χ2n) is 9.36. The Morgan fingerprint density at radius 2 is 0.633 bits per heavy atom. The average molecular weight is 428 g/mol. The third kappa shape index (κ3) is 24.2. The molecule has 0 bridgehead atoms. The molecule has 0 radical (unpaired) electrons. The molecule has 2 N–H and O–H groups in total. The van der Waals surface area contributed by atoms with Crippen molar-refractivity contribution < 1.29 is 10.2 Å². The fraction of sp³-hybridized carbons (Fsp3) is 1.00. The molecule has 182 valence electrons. The van der Waals surface area contributed by atoms with Crippen molar-refractivity contribution in [3.05, 3.63) is 0 Å². The fourth-order valence-corrected chi connectivity index (χ4v) is 4.29. The molecule has 0 heterocycles. The first-order valence-electron chi connectivity index (χ1n) is 13.8. The van der Waals surface area contributed by atoms with Gasteiger partial charge in [-0.2, -0.15) is 0 Å². The first kappa shape index (κ1) is 29.9. The highest BCUT2D eigenvalue weighted by Gasteiger charge is 2.05. The van der Waals surface area contributed by atoms with Gasteiger partial charge in [-0.15, -0.1) is 0 Å². The fourth-order valence-electron chi connectivity index (χ4n) is 4.29. The molecular formula is C27H57NO2. The third-order valence-corrected chi connectivity index (χ3v) is 6.34. The van der Waals surface area contributed by atoms with Crippen molar-refractivity contribution >= 4 is 0 Å². The summed E-state index contributed by atoms with van der Waals surface area (Å²) in [5.74, 6) is 0. The van der Waals surface area contributed by atoms with Crippen molar-refractivity contribution in [1.29, 1.82) is 0 Å². The Morgan fingerprint density at radius 1 is 0.367 bits per heavy atom. The first-order chi connectivity index (χ1) is 14.8. The van der Waals surface area contributed by atoms with E-state index < -0.39 is 0 Å². The number of hydrogen-bond acceptors (Lipinski definition) is 3. The molecule has 0 unspecified atom stereocenters. The van der Waals surface area contributed by atoms with E-state index in [4.69, 9.17) is 10.2 Å². The SMILES string of the molecule is CCCCCCCN(CCCCCCCCCCO)CCCCCCCCCCO. The number of nitrogens with zero attached hydrogens (tertiary/aromatic N) is 1. The highest BCUT2D eigenvalue weighted by Crippen LogP contribution is 2.12. The summed E-state index contributed by atoms with van der Waals surface area (Å²) in [7, 11) is 0. The maximum Gasteiger partial charge on any atom is 0.0431 e. The monoisotopic (exact) mass is 427 g/mol. The number of aliphatic hydroxyl groups is 2. The molecule has 3 nitrogen and oxygen atoms in total. The molecule has 0 aromatic carbocycles. The number of rotatable bonds is 26. The Hall–Kier alpha value is -0.120. The Morgan fingerprint density at radius 3 is 0.933 bits per heavy atom. The molecule has 0 aliphatic heterocycles. The predicted octanol–water partition coefficient (Wildman–Crippen LogP) is 7.49.